The van der Waals surface area contributed by atoms with Crippen molar-refractivity contribution in [3.8, 4) is 0 Å². The number of hydrogen-bond donors (Lipinski definition) is 1. The third-order valence-electron chi connectivity index (χ3n) is 3.02. The fraction of sp³-hybridized carbons (Fsp3) is 0.176. The van der Waals surface area contributed by atoms with E-state index in [4.69, 9.17) is 0 Å². The molecule has 20 heavy (non-hydrogen) atoms. The fourth-order valence-corrected chi connectivity index (χ4v) is 2.01. The number of aryl methyl sites for hydroxylation is 1. The maximum Gasteiger partial charge on any atom is 0.221 e. The Hall–Kier alpha value is -2.42. The van der Waals surface area contributed by atoms with Gasteiger partial charge in [0.05, 0.1) is 5.69 Å². The van der Waals surface area contributed by atoms with Crippen molar-refractivity contribution in [2.45, 2.75) is 20.3 Å². The Morgan fingerprint density at radius 2 is 1.65 bits per heavy atom. The topological polar surface area (TPSA) is 46.2 Å². The number of nitrogens with one attached hydrogen (secondary N) is 1. The van der Waals surface area contributed by atoms with Gasteiger partial charge < -0.3 is 5.32 Å². The van der Waals surface area contributed by atoms with Gasteiger partial charge in [0.25, 0.3) is 0 Å². The molecule has 2 aromatic carbocycles. The van der Waals surface area contributed by atoms with Crippen LogP contribution in [0, 0.1) is 6.92 Å². The van der Waals surface area contributed by atoms with E-state index in [1.807, 2.05) is 31.2 Å². The number of carbonyl (C=O) groups excluding carboxylic acids is 2. The van der Waals surface area contributed by atoms with Gasteiger partial charge in [-0.3, -0.25) is 9.59 Å². The first-order chi connectivity index (χ1) is 9.56. The van der Waals surface area contributed by atoms with E-state index < -0.39 is 0 Å². The van der Waals surface area contributed by atoms with Crippen LogP contribution in [0.1, 0.15) is 28.4 Å². The van der Waals surface area contributed by atoms with Gasteiger partial charge in [-0.15, -0.1) is 0 Å². The lowest BCUT2D eigenvalue weighted by Gasteiger charge is -2.09. The predicted molar refractivity (Wildman–Crippen MR) is 80.0 cm³/mol. The number of carbonyl (C=O) groups is 2. The van der Waals surface area contributed by atoms with Crippen LogP contribution >= 0.6 is 0 Å². The molecule has 0 saturated heterocycles. The zero-order chi connectivity index (χ0) is 14.5. The Morgan fingerprint density at radius 1 is 1.00 bits per heavy atom. The van der Waals surface area contributed by atoms with E-state index in [1.165, 1.54) is 12.5 Å². The van der Waals surface area contributed by atoms with Crippen molar-refractivity contribution in [2.75, 3.05) is 5.32 Å². The average molecular weight is 267 g/mol. The Balaban J connectivity index is 2.20. The molecule has 3 nitrogen and oxygen atoms in total. The highest BCUT2D eigenvalue weighted by Gasteiger charge is 2.12. The number of Topliss-reactive ketones (excluding diaryl/α,β-unsaturated/α-hetero) is 1. The molecule has 0 heterocycles. The summed E-state index contributed by atoms with van der Waals surface area (Å²) < 4.78 is 0. The van der Waals surface area contributed by atoms with Crippen LogP contribution in [0.2, 0.25) is 0 Å². The molecule has 0 unspecified atom stereocenters. The highest BCUT2D eigenvalue weighted by molar-refractivity contribution is 6.05. The van der Waals surface area contributed by atoms with Crippen molar-refractivity contribution in [1.29, 1.82) is 0 Å². The molecule has 0 saturated carbocycles. The summed E-state index contributed by atoms with van der Waals surface area (Å²) in [6.45, 7) is 3.44. The molecule has 2 rings (SSSR count). The smallest absolute Gasteiger partial charge is 0.221 e. The van der Waals surface area contributed by atoms with Crippen molar-refractivity contribution in [3.63, 3.8) is 0 Å². The van der Waals surface area contributed by atoms with E-state index in [0.29, 0.717) is 17.7 Å². The second-order valence-corrected chi connectivity index (χ2v) is 4.81. The Bertz CT molecular complexity index is 630. The maximum atomic E-state index is 12.4. The Morgan fingerprint density at radius 3 is 2.30 bits per heavy atom. The number of hydrogen-bond acceptors (Lipinski definition) is 2. The molecular weight excluding hydrogens is 250 g/mol. The van der Waals surface area contributed by atoms with E-state index in [2.05, 4.69) is 5.32 Å². The van der Waals surface area contributed by atoms with Gasteiger partial charge in [0, 0.05) is 18.9 Å². The van der Waals surface area contributed by atoms with Crippen molar-refractivity contribution >= 4 is 17.4 Å². The van der Waals surface area contributed by atoms with Gasteiger partial charge in [-0.2, -0.15) is 0 Å². The molecule has 0 spiro atoms. The van der Waals surface area contributed by atoms with Crippen molar-refractivity contribution in [2.24, 2.45) is 0 Å². The summed E-state index contributed by atoms with van der Waals surface area (Å²) in [4.78, 5) is 23.5. The second kappa shape index (κ2) is 6.15. The molecule has 0 radical (unpaired) electrons. The van der Waals surface area contributed by atoms with Gasteiger partial charge in [0.2, 0.25) is 5.91 Å². The van der Waals surface area contributed by atoms with Crippen LogP contribution in [0.5, 0.6) is 0 Å². The first kappa shape index (κ1) is 14.0. The minimum absolute atomic E-state index is 0.00166. The summed E-state index contributed by atoms with van der Waals surface area (Å²) in [6.07, 6.45) is 0.330. The molecule has 0 atom stereocenters. The van der Waals surface area contributed by atoms with Gasteiger partial charge in [-0.05, 0) is 24.6 Å². The third kappa shape index (κ3) is 3.54. The van der Waals surface area contributed by atoms with E-state index >= 15 is 0 Å². The molecule has 0 aliphatic carbocycles. The fourth-order valence-electron chi connectivity index (χ4n) is 2.01. The van der Waals surface area contributed by atoms with E-state index in [-0.39, 0.29) is 11.7 Å². The van der Waals surface area contributed by atoms with E-state index in [9.17, 15) is 9.59 Å². The maximum absolute atomic E-state index is 12.4. The van der Waals surface area contributed by atoms with Gasteiger partial charge in [0.1, 0.15) is 0 Å². The minimum atomic E-state index is -0.180. The largest absolute Gasteiger partial charge is 0.326 e. The zero-order valence-electron chi connectivity index (χ0n) is 11.6. The molecule has 0 aromatic heterocycles. The quantitative estimate of drug-likeness (QED) is 0.863. The molecule has 1 N–H and O–H groups in total. The first-order valence-corrected chi connectivity index (χ1v) is 6.51. The molecule has 102 valence electrons. The molecule has 0 fully saturated rings. The highest BCUT2D eigenvalue weighted by Crippen LogP contribution is 2.18. The van der Waals surface area contributed by atoms with Crippen LogP contribution in [0.25, 0.3) is 0 Å². The minimum Gasteiger partial charge on any atom is -0.326 e. The van der Waals surface area contributed by atoms with Gasteiger partial charge >= 0.3 is 0 Å². The molecule has 0 aliphatic heterocycles. The lowest BCUT2D eigenvalue weighted by atomic mass is 10.0. The standard InChI is InChI=1S/C17H17NO2/c1-12-7-9-14(10-8-12)11-17(20)15-5-3-4-6-16(15)18-13(2)19/h3-10H,11H2,1-2H3,(H,18,19). The summed E-state index contributed by atoms with van der Waals surface area (Å²) in [5.74, 6) is -0.182. The Kier molecular flexibility index (Phi) is 4.31. The lowest BCUT2D eigenvalue weighted by Crippen LogP contribution is -2.12. The summed E-state index contributed by atoms with van der Waals surface area (Å²) in [7, 11) is 0. The highest BCUT2D eigenvalue weighted by atomic mass is 16.1. The van der Waals surface area contributed by atoms with Gasteiger partial charge in [0.15, 0.2) is 5.78 Å². The zero-order valence-corrected chi connectivity index (χ0v) is 11.6. The summed E-state index contributed by atoms with van der Waals surface area (Å²) in [6, 6.07) is 15.0. The van der Waals surface area contributed by atoms with Crippen LogP contribution < -0.4 is 5.32 Å². The number of anilines is 1. The summed E-state index contributed by atoms with van der Waals surface area (Å²) in [5, 5.41) is 2.69. The van der Waals surface area contributed by atoms with Crippen LogP contribution in [-0.4, -0.2) is 11.7 Å². The SMILES string of the molecule is CC(=O)Nc1ccccc1C(=O)Cc1ccc(C)cc1. The molecule has 3 heteroatoms. The van der Waals surface area contributed by atoms with Crippen molar-refractivity contribution in [3.05, 3.63) is 65.2 Å². The monoisotopic (exact) mass is 267 g/mol. The number of para-hydroxylation sites is 1. The van der Waals surface area contributed by atoms with E-state index in [1.54, 1.807) is 24.3 Å². The number of rotatable bonds is 4. The number of amides is 1. The molecular formula is C17H17NO2. The van der Waals surface area contributed by atoms with Gasteiger partial charge in [-0.25, -0.2) is 0 Å². The van der Waals surface area contributed by atoms with Crippen LogP contribution in [0.15, 0.2) is 48.5 Å². The number of ketones is 1. The molecule has 2 aromatic rings. The van der Waals surface area contributed by atoms with Crippen LogP contribution in [-0.2, 0) is 11.2 Å². The average Bonchev–Trinajstić information content (AvgIpc) is 2.41. The van der Waals surface area contributed by atoms with Crippen molar-refractivity contribution in [1.82, 2.24) is 0 Å². The number of benzene rings is 2. The lowest BCUT2D eigenvalue weighted by molar-refractivity contribution is -0.114. The Labute approximate surface area is 118 Å². The first-order valence-electron chi connectivity index (χ1n) is 6.51. The predicted octanol–water partition coefficient (Wildman–Crippen LogP) is 3.38. The third-order valence-corrected chi connectivity index (χ3v) is 3.02. The van der Waals surface area contributed by atoms with Crippen LogP contribution in [0.4, 0.5) is 5.69 Å². The van der Waals surface area contributed by atoms with Gasteiger partial charge in [-0.1, -0.05) is 42.0 Å². The summed E-state index contributed by atoms with van der Waals surface area (Å²) in [5.41, 5.74) is 3.25. The van der Waals surface area contributed by atoms with E-state index in [0.717, 1.165) is 5.56 Å². The molecule has 0 aliphatic rings. The second-order valence-electron chi connectivity index (χ2n) is 4.81. The normalized spacial score (nSPS) is 10.1. The summed E-state index contributed by atoms with van der Waals surface area (Å²) >= 11 is 0. The van der Waals surface area contributed by atoms with Crippen molar-refractivity contribution < 1.29 is 9.59 Å². The molecule has 1 amide bonds. The molecule has 0 bridgehead atoms. The van der Waals surface area contributed by atoms with Crippen LogP contribution in [0.3, 0.4) is 0 Å².